The van der Waals surface area contributed by atoms with E-state index in [0.717, 1.165) is 0 Å². The summed E-state index contributed by atoms with van der Waals surface area (Å²) in [7, 11) is 0. The van der Waals surface area contributed by atoms with E-state index < -0.39 is 11.7 Å². The van der Waals surface area contributed by atoms with Crippen molar-refractivity contribution in [1.29, 1.82) is 0 Å². The summed E-state index contributed by atoms with van der Waals surface area (Å²) >= 11 is 15.4. The molecule has 2 aromatic heterocycles. The fraction of sp³-hybridized carbons (Fsp3) is 0.0952. The summed E-state index contributed by atoms with van der Waals surface area (Å²) in [5, 5.41) is 12.1. The second-order valence-corrected chi connectivity index (χ2v) is 8.38. The van der Waals surface area contributed by atoms with Crippen molar-refractivity contribution >= 4 is 50.9 Å². The first-order valence-corrected chi connectivity index (χ1v) is 10.8. The second kappa shape index (κ2) is 9.72. The Balaban J connectivity index is 1.35. The Kier molecular flexibility index (Phi) is 6.78. The van der Waals surface area contributed by atoms with Crippen molar-refractivity contribution in [1.82, 2.24) is 19.6 Å². The minimum atomic E-state index is -0.415. The van der Waals surface area contributed by atoms with Gasteiger partial charge in [0, 0.05) is 28.5 Å². The molecular formula is C21H15BrCl2FN5O2. The average molecular weight is 539 g/mol. The summed E-state index contributed by atoms with van der Waals surface area (Å²) in [5.41, 5.74) is 0.917. The number of rotatable bonds is 7. The van der Waals surface area contributed by atoms with E-state index in [1.165, 1.54) is 16.8 Å². The van der Waals surface area contributed by atoms with Crippen LogP contribution in [-0.4, -0.2) is 25.5 Å². The van der Waals surface area contributed by atoms with E-state index >= 15 is 0 Å². The van der Waals surface area contributed by atoms with Crippen LogP contribution in [0.1, 0.15) is 16.1 Å². The number of halogens is 4. The van der Waals surface area contributed by atoms with Gasteiger partial charge in [-0.3, -0.25) is 9.48 Å². The standard InChI is InChI=1S/C21H15BrCl2FN5O2/c22-16-9-14(23)2-4-19(16)32-12-30-7-5-18(27-30)21(31)26-20-6-8-29(28-20)11-13-1-3-15(25)10-17(13)24/h1-10H,11-12H2,(H,26,28,31). The van der Waals surface area contributed by atoms with Crippen molar-refractivity contribution < 1.29 is 13.9 Å². The van der Waals surface area contributed by atoms with E-state index in [-0.39, 0.29) is 12.4 Å². The van der Waals surface area contributed by atoms with Crippen molar-refractivity contribution in [2.75, 3.05) is 5.32 Å². The summed E-state index contributed by atoms with van der Waals surface area (Å²) in [4.78, 5) is 12.5. The molecule has 1 N–H and O–H groups in total. The molecule has 0 aliphatic heterocycles. The van der Waals surface area contributed by atoms with E-state index in [4.69, 9.17) is 27.9 Å². The van der Waals surface area contributed by atoms with Crippen molar-refractivity contribution in [3.05, 3.63) is 92.5 Å². The summed E-state index contributed by atoms with van der Waals surface area (Å²) in [6, 6.07) is 12.6. The third-order valence-electron chi connectivity index (χ3n) is 4.35. The van der Waals surface area contributed by atoms with E-state index in [1.807, 2.05) is 0 Å². The number of amides is 1. The molecule has 0 aliphatic rings. The van der Waals surface area contributed by atoms with Crippen LogP contribution in [0.5, 0.6) is 5.75 Å². The van der Waals surface area contributed by atoms with Crippen molar-refractivity contribution in [3.8, 4) is 5.75 Å². The zero-order valence-electron chi connectivity index (χ0n) is 16.3. The summed E-state index contributed by atoms with van der Waals surface area (Å²) in [6.45, 7) is 0.446. The van der Waals surface area contributed by atoms with Gasteiger partial charge in [0.2, 0.25) is 0 Å². The predicted molar refractivity (Wildman–Crippen MR) is 123 cm³/mol. The molecule has 4 aromatic rings. The molecule has 2 aromatic carbocycles. The summed E-state index contributed by atoms with van der Waals surface area (Å²) < 4.78 is 22.7. The number of anilines is 1. The van der Waals surface area contributed by atoms with Crippen LogP contribution in [0.2, 0.25) is 10.0 Å². The fourth-order valence-electron chi connectivity index (χ4n) is 2.80. The summed E-state index contributed by atoms with van der Waals surface area (Å²) in [6.07, 6.45) is 3.32. The Bertz CT molecular complexity index is 1280. The topological polar surface area (TPSA) is 74.0 Å². The highest BCUT2D eigenvalue weighted by atomic mass is 79.9. The Morgan fingerprint density at radius 3 is 2.66 bits per heavy atom. The van der Waals surface area contributed by atoms with Gasteiger partial charge in [0.25, 0.3) is 5.91 Å². The monoisotopic (exact) mass is 537 g/mol. The quantitative estimate of drug-likeness (QED) is 0.331. The third kappa shape index (κ3) is 5.48. The van der Waals surface area contributed by atoms with Crippen LogP contribution < -0.4 is 10.1 Å². The first-order valence-electron chi connectivity index (χ1n) is 9.27. The van der Waals surface area contributed by atoms with Crippen LogP contribution in [0.3, 0.4) is 0 Å². The van der Waals surface area contributed by atoms with Gasteiger partial charge in [-0.25, -0.2) is 9.07 Å². The molecule has 32 heavy (non-hydrogen) atoms. The minimum Gasteiger partial charge on any atom is -0.470 e. The minimum absolute atomic E-state index is 0.112. The van der Waals surface area contributed by atoms with E-state index in [0.29, 0.717) is 38.2 Å². The number of nitrogens with one attached hydrogen (secondary N) is 1. The molecule has 4 rings (SSSR count). The van der Waals surface area contributed by atoms with Gasteiger partial charge < -0.3 is 10.1 Å². The number of hydrogen-bond donors (Lipinski definition) is 1. The van der Waals surface area contributed by atoms with E-state index in [2.05, 4.69) is 31.4 Å². The number of carbonyl (C=O) groups is 1. The molecule has 164 valence electrons. The first kappa shape index (κ1) is 22.3. The fourth-order valence-corrected chi connectivity index (χ4v) is 3.83. The lowest BCUT2D eigenvalue weighted by Gasteiger charge is -2.08. The third-order valence-corrected chi connectivity index (χ3v) is 5.56. The van der Waals surface area contributed by atoms with Crippen LogP contribution >= 0.6 is 39.1 Å². The lowest BCUT2D eigenvalue weighted by atomic mass is 10.2. The van der Waals surface area contributed by atoms with Gasteiger partial charge in [0.1, 0.15) is 11.6 Å². The molecule has 0 unspecified atom stereocenters. The lowest BCUT2D eigenvalue weighted by molar-refractivity contribution is 0.101. The molecule has 0 bridgehead atoms. The van der Waals surface area contributed by atoms with Gasteiger partial charge in [-0.15, -0.1) is 0 Å². The van der Waals surface area contributed by atoms with Gasteiger partial charge in [-0.1, -0.05) is 29.3 Å². The van der Waals surface area contributed by atoms with Crippen molar-refractivity contribution in [2.24, 2.45) is 0 Å². The number of hydrogen-bond acceptors (Lipinski definition) is 4. The first-order chi connectivity index (χ1) is 15.4. The molecule has 0 saturated carbocycles. The predicted octanol–water partition coefficient (Wildman–Crippen LogP) is 5.63. The van der Waals surface area contributed by atoms with Crippen LogP contribution in [-0.2, 0) is 13.3 Å². The van der Waals surface area contributed by atoms with Gasteiger partial charge in [-0.05, 0) is 57.9 Å². The molecule has 11 heteroatoms. The Labute approximate surface area is 200 Å². The highest BCUT2D eigenvalue weighted by molar-refractivity contribution is 9.10. The van der Waals surface area contributed by atoms with Crippen LogP contribution in [0.15, 0.2) is 65.4 Å². The Morgan fingerprint density at radius 2 is 1.88 bits per heavy atom. The molecule has 0 fully saturated rings. The molecule has 0 spiro atoms. The van der Waals surface area contributed by atoms with E-state index in [1.54, 1.807) is 53.5 Å². The molecule has 2 heterocycles. The molecule has 0 radical (unpaired) electrons. The number of aromatic nitrogens is 4. The number of nitrogens with zero attached hydrogens (tertiary/aromatic N) is 4. The Hall–Kier alpha value is -2.88. The largest absolute Gasteiger partial charge is 0.470 e. The maximum Gasteiger partial charge on any atom is 0.277 e. The Morgan fingerprint density at radius 1 is 1.06 bits per heavy atom. The second-order valence-electron chi connectivity index (χ2n) is 6.68. The molecule has 0 atom stereocenters. The average Bonchev–Trinajstić information content (AvgIpc) is 3.39. The lowest BCUT2D eigenvalue weighted by Crippen LogP contribution is -2.15. The molecule has 1 amide bonds. The van der Waals surface area contributed by atoms with Crippen molar-refractivity contribution in [2.45, 2.75) is 13.3 Å². The van der Waals surface area contributed by atoms with Gasteiger partial charge >= 0.3 is 0 Å². The maximum atomic E-state index is 13.2. The smallest absolute Gasteiger partial charge is 0.277 e. The SMILES string of the molecule is O=C(Nc1ccn(Cc2ccc(F)cc2Cl)n1)c1ccn(COc2ccc(Cl)cc2Br)n1. The molecule has 0 aliphatic carbocycles. The number of benzene rings is 2. The normalized spacial score (nSPS) is 10.9. The summed E-state index contributed by atoms with van der Waals surface area (Å²) in [5.74, 6) is 0.131. The maximum absolute atomic E-state index is 13.2. The highest BCUT2D eigenvalue weighted by Crippen LogP contribution is 2.28. The van der Waals surface area contributed by atoms with Crippen molar-refractivity contribution in [3.63, 3.8) is 0 Å². The highest BCUT2D eigenvalue weighted by Gasteiger charge is 2.13. The van der Waals surface area contributed by atoms with Crippen LogP contribution in [0, 0.1) is 5.82 Å². The van der Waals surface area contributed by atoms with Gasteiger partial charge in [0.15, 0.2) is 18.2 Å². The molecular weight excluding hydrogens is 524 g/mol. The van der Waals surface area contributed by atoms with E-state index in [9.17, 15) is 9.18 Å². The molecule has 0 saturated heterocycles. The number of carbonyl (C=O) groups excluding carboxylic acids is 1. The number of ether oxygens (including phenoxy) is 1. The molecule has 7 nitrogen and oxygen atoms in total. The van der Waals surface area contributed by atoms with Crippen LogP contribution in [0.4, 0.5) is 10.2 Å². The zero-order chi connectivity index (χ0) is 22.7. The van der Waals surface area contributed by atoms with Gasteiger partial charge in [0.05, 0.1) is 11.0 Å². The van der Waals surface area contributed by atoms with Crippen LogP contribution in [0.25, 0.3) is 0 Å². The van der Waals surface area contributed by atoms with Gasteiger partial charge in [-0.2, -0.15) is 10.2 Å². The zero-order valence-corrected chi connectivity index (χ0v) is 19.4.